The van der Waals surface area contributed by atoms with Gasteiger partial charge in [0.2, 0.25) is 0 Å². The van der Waals surface area contributed by atoms with Crippen LogP contribution in [0.4, 0.5) is 0 Å². The lowest BCUT2D eigenvalue weighted by Crippen LogP contribution is -2.72. The van der Waals surface area contributed by atoms with Crippen LogP contribution < -0.4 is 10.6 Å². The second-order valence-electron chi connectivity index (χ2n) is 8.29. The minimum atomic E-state index is -0.976. The molecule has 1 heterocycles. The average Bonchev–Trinajstić information content (AvgIpc) is 3.02. The zero-order valence-corrected chi connectivity index (χ0v) is 15.9. The second kappa shape index (κ2) is 6.86. The minimum absolute atomic E-state index is 0.319. The highest BCUT2D eigenvalue weighted by molar-refractivity contribution is 5.80. The first-order chi connectivity index (χ1) is 12.6. The van der Waals surface area contributed by atoms with Gasteiger partial charge in [0.1, 0.15) is 5.60 Å². The Labute approximate surface area is 156 Å². The molecule has 3 fully saturated rings. The van der Waals surface area contributed by atoms with Gasteiger partial charge in [0.25, 0.3) is 0 Å². The summed E-state index contributed by atoms with van der Waals surface area (Å²) in [5, 5.41) is 17.9. The van der Waals surface area contributed by atoms with E-state index in [1.54, 1.807) is 0 Å². The van der Waals surface area contributed by atoms with Crippen LogP contribution in [0, 0.1) is 11.3 Å². The standard InChI is InChI=1S/C21H31N3O2/c1-3-22-19(23-14-20(2,25)15-8-5-4-6-9-15)24-17-16-10-13-26-18(16)21(17)11-7-12-21/h4-6,8-9,16-18,25H,3,7,10-14H2,1-2H3,(H2,22,23,24). The third-order valence-corrected chi connectivity index (χ3v) is 6.61. The molecule has 4 unspecified atom stereocenters. The van der Waals surface area contributed by atoms with E-state index in [4.69, 9.17) is 9.73 Å². The summed E-state index contributed by atoms with van der Waals surface area (Å²) in [6, 6.07) is 10.2. The molecule has 2 saturated carbocycles. The van der Waals surface area contributed by atoms with Gasteiger partial charge >= 0.3 is 0 Å². The maximum absolute atomic E-state index is 10.8. The molecular formula is C21H31N3O2. The number of ether oxygens (including phenoxy) is 1. The van der Waals surface area contributed by atoms with E-state index in [-0.39, 0.29) is 0 Å². The van der Waals surface area contributed by atoms with Gasteiger partial charge in [-0.2, -0.15) is 0 Å². The topological polar surface area (TPSA) is 65.9 Å². The number of rotatable bonds is 5. The van der Waals surface area contributed by atoms with Gasteiger partial charge in [0.15, 0.2) is 5.96 Å². The van der Waals surface area contributed by atoms with Crippen molar-refractivity contribution in [3.05, 3.63) is 35.9 Å². The SMILES string of the molecule is CCNC(=NCC(C)(O)c1ccccc1)NC1C2CCOC2C12CCC2. The number of hydrogen-bond donors (Lipinski definition) is 3. The molecule has 4 atom stereocenters. The Morgan fingerprint density at radius 2 is 2.12 bits per heavy atom. The number of guanidine groups is 1. The van der Waals surface area contributed by atoms with Crippen LogP contribution >= 0.6 is 0 Å². The minimum Gasteiger partial charge on any atom is -0.384 e. The van der Waals surface area contributed by atoms with Crippen LogP contribution in [-0.2, 0) is 10.3 Å². The van der Waals surface area contributed by atoms with Crippen molar-refractivity contribution in [1.82, 2.24) is 10.6 Å². The van der Waals surface area contributed by atoms with Crippen molar-refractivity contribution in [2.75, 3.05) is 19.7 Å². The van der Waals surface area contributed by atoms with Gasteiger partial charge in [-0.15, -0.1) is 0 Å². The molecule has 0 radical (unpaired) electrons. The number of aliphatic imine (C=N–C) groups is 1. The molecular weight excluding hydrogens is 326 g/mol. The summed E-state index contributed by atoms with van der Waals surface area (Å²) in [5.41, 5.74) is 0.235. The van der Waals surface area contributed by atoms with E-state index in [0.29, 0.717) is 30.0 Å². The molecule has 1 spiro atoms. The Morgan fingerprint density at radius 3 is 2.77 bits per heavy atom. The first-order valence-corrected chi connectivity index (χ1v) is 10.0. The summed E-state index contributed by atoms with van der Waals surface area (Å²) in [6.07, 6.45) is 5.41. The lowest BCUT2D eigenvalue weighted by atomic mass is 9.46. The van der Waals surface area contributed by atoms with Crippen LogP contribution in [0.1, 0.15) is 45.1 Å². The Balaban J connectivity index is 1.46. The third kappa shape index (κ3) is 2.91. The number of aliphatic hydroxyl groups is 1. The highest BCUT2D eigenvalue weighted by Gasteiger charge is 2.66. The summed E-state index contributed by atoms with van der Waals surface area (Å²) in [6.45, 7) is 5.94. The van der Waals surface area contributed by atoms with Crippen molar-refractivity contribution < 1.29 is 9.84 Å². The number of benzene rings is 1. The van der Waals surface area contributed by atoms with E-state index in [1.165, 1.54) is 19.3 Å². The van der Waals surface area contributed by atoms with Crippen LogP contribution in [-0.4, -0.2) is 42.9 Å². The molecule has 5 nitrogen and oxygen atoms in total. The molecule has 0 aromatic heterocycles. The molecule has 3 N–H and O–H groups in total. The van der Waals surface area contributed by atoms with E-state index in [1.807, 2.05) is 37.3 Å². The van der Waals surface area contributed by atoms with Gasteiger partial charge in [-0.25, -0.2) is 4.99 Å². The van der Waals surface area contributed by atoms with Crippen molar-refractivity contribution in [2.45, 2.75) is 57.3 Å². The van der Waals surface area contributed by atoms with E-state index in [2.05, 4.69) is 17.6 Å². The largest absolute Gasteiger partial charge is 0.384 e. The summed E-state index contributed by atoms with van der Waals surface area (Å²) in [5.74, 6) is 1.42. The first kappa shape index (κ1) is 17.8. The molecule has 5 heteroatoms. The average molecular weight is 357 g/mol. The molecule has 1 aliphatic heterocycles. The van der Waals surface area contributed by atoms with Crippen LogP contribution in [0.2, 0.25) is 0 Å². The van der Waals surface area contributed by atoms with E-state index >= 15 is 0 Å². The Kier molecular flexibility index (Phi) is 4.70. The van der Waals surface area contributed by atoms with Gasteiger partial charge < -0.3 is 20.5 Å². The number of nitrogens with zero attached hydrogens (tertiary/aromatic N) is 1. The van der Waals surface area contributed by atoms with E-state index in [9.17, 15) is 5.11 Å². The van der Waals surface area contributed by atoms with Crippen LogP contribution in [0.3, 0.4) is 0 Å². The van der Waals surface area contributed by atoms with Crippen LogP contribution in [0.5, 0.6) is 0 Å². The van der Waals surface area contributed by atoms with Crippen LogP contribution in [0.25, 0.3) is 0 Å². The molecule has 26 heavy (non-hydrogen) atoms. The monoisotopic (exact) mass is 357 g/mol. The van der Waals surface area contributed by atoms with Crippen LogP contribution in [0.15, 0.2) is 35.3 Å². The summed E-state index contributed by atoms with van der Waals surface area (Å²) >= 11 is 0. The lowest BCUT2D eigenvalue weighted by molar-refractivity contribution is -0.171. The number of hydrogen-bond acceptors (Lipinski definition) is 3. The molecule has 1 aromatic rings. The van der Waals surface area contributed by atoms with Crippen molar-refractivity contribution in [2.24, 2.45) is 16.3 Å². The van der Waals surface area contributed by atoms with E-state index in [0.717, 1.165) is 31.1 Å². The van der Waals surface area contributed by atoms with Gasteiger partial charge in [-0.1, -0.05) is 36.8 Å². The van der Waals surface area contributed by atoms with Gasteiger partial charge in [0, 0.05) is 30.5 Å². The maximum Gasteiger partial charge on any atom is 0.191 e. The quantitative estimate of drug-likeness (QED) is 0.559. The molecule has 1 aromatic carbocycles. The fourth-order valence-corrected chi connectivity index (χ4v) is 5.04. The molecule has 3 aliphatic rings. The summed E-state index contributed by atoms with van der Waals surface area (Å²) in [7, 11) is 0. The maximum atomic E-state index is 10.8. The van der Waals surface area contributed by atoms with Crippen molar-refractivity contribution >= 4 is 5.96 Å². The van der Waals surface area contributed by atoms with Crippen molar-refractivity contribution in [1.29, 1.82) is 0 Å². The smallest absolute Gasteiger partial charge is 0.191 e. The molecule has 0 amide bonds. The van der Waals surface area contributed by atoms with Crippen molar-refractivity contribution in [3.8, 4) is 0 Å². The zero-order chi connectivity index (χ0) is 18.2. The predicted molar refractivity (Wildman–Crippen MR) is 103 cm³/mol. The number of nitrogens with one attached hydrogen (secondary N) is 2. The Bertz CT molecular complexity index is 654. The highest BCUT2D eigenvalue weighted by atomic mass is 16.5. The normalized spacial score (nSPS) is 31.5. The van der Waals surface area contributed by atoms with Crippen molar-refractivity contribution in [3.63, 3.8) is 0 Å². The second-order valence-corrected chi connectivity index (χ2v) is 8.29. The molecule has 2 aliphatic carbocycles. The summed E-state index contributed by atoms with van der Waals surface area (Å²) in [4.78, 5) is 4.73. The molecule has 1 saturated heterocycles. The Hall–Kier alpha value is -1.59. The third-order valence-electron chi connectivity index (χ3n) is 6.61. The van der Waals surface area contributed by atoms with Gasteiger partial charge in [0.05, 0.1) is 12.6 Å². The highest BCUT2D eigenvalue weighted by Crippen LogP contribution is 2.62. The molecule has 4 rings (SSSR count). The van der Waals surface area contributed by atoms with Gasteiger partial charge in [-0.3, -0.25) is 0 Å². The Morgan fingerprint density at radius 1 is 1.35 bits per heavy atom. The fraction of sp³-hybridized carbons (Fsp3) is 0.667. The first-order valence-electron chi connectivity index (χ1n) is 10.0. The fourth-order valence-electron chi connectivity index (χ4n) is 5.04. The van der Waals surface area contributed by atoms with E-state index < -0.39 is 5.60 Å². The zero-order valence-electron chi connectivity index (χ0n) is 15.9. The predicted octanol–water partition coefficient (Wildman–Crippen LogP) is 2.41. The lowest BCUT2D eigenvalue weighted by Gasteiger charge is -2.63. The summed E-state index contributed by atoms with van der Waals surface area (Å²) < 4.78 is 6.01. The number of fused-ring (bicyclic) bond motifs is 2. The molecule has 142 valence electrons. The molecule has 0 bridgehead atoms. The van der Waals surface area contributed by atoms with Gasteiger partial charge in [-0.05, 0) is 38.7 Å².